The SMILES string of the molecule is C.C.C.C.C.CC1CN(C(c2ccccn2)c2cc(Cl)c3cccnc3c2O)CC(C)O1.CN1CCN(C(c2ccccn2)c2ccc3cccnc3c2O)CC1.Oc1c(C(c2ccccn2)N2CCC(c3ccccc3F)CC2)ccc2cccnc12.Oc1c(C(c2ccccn2)N2CCC(c3ccccn3)CC2)ccc2cccnc12.Oc1c(C(c2ccccn2)N2CCN(Cc3ccccc3)CC2)ccc2cccnc12. The van der Waals surface area contributed by atoms with Crippen LogP contribution in [0.2, 0.25) is 5.02 Å². The number of ether oxygens (including phenoxy) is 1. The van der Waals surface area contributed by atoms with Crippen molar-refractivity contribution in [2.45, 2.75) is 137 Å². The Bertz CT molecular complexity index is 7270. The molecule has 5 aliphatic heterocycles. The first-order valence-corrected chi connectivity index (χ1v) is 50.0. The summed E-state index contributed by atoms with van der Waals surface area (Å²) in [4.78, 5) is 66.3. The summed E-state index contributed by atoms with van der Waals surface area (Å²) in [5.41, 5.74) is 15.1. The summed E-state index contributed by atoms with van der Waals surface area (Å²) in [6.45, 7) is 17.7. The minimum absolute atomic E-state index is 0. The van der Waals surface area contributed by atoms with Crippen LogP contribution in [0.3, 0.4) is 0 Å². The maximum atomic E-state index is 14.3. The molecule has 24 nitrogen and oxygen atoms in total. The van der Waals surface area contributed by atoms with Crippen molar-refractivity contribution >= 4 is 66.1 Å². The number of benzene rings is 7. The zero-order valence-electron chi connectivity index (χ0n) is 81.0. The number of hydrogen-bond acceptors (Lipinski definition) is 24. The van der Waals surface area contributed by atoms with E-state index in [9.17, 15) is 29.9 Å². The highest BCUT2D eigenvalue weighted by Crippen LogP contribution is 2.47. The Balaban J connectivity index is 0.000000146. The molecule has 26 heteroatoms. The molecule has 5 N–H and O–H groups in total. The third kappa shape index (κ3) is 25.7. The molecule has 18 aromatic rings. The molecule has 5 saturated heterocycles. The molecular formula is C123H138ClFN18O6. The lowest BCUT2D eigenvalue weighted by molar-refractivity contribution is -0.0770. The normalized spacial score (nSPS) is 17.1. The molecular weight excluding hydrogens is 1880 g/mol. The van der Waals surface area contributed by atoms with E-state index in [1.54, 1.807) is 55.5 Å². The van der Waals surface area contributed by atoms with E-state index in [0.29, 0.717) is 44.1 Å². The van der Waals surface area contributed by atoms with Crippen molar-refractivity contribution in [1.29, 1.82) is 0 Å². The van der Waals surface area contributed by atoms with Crippen LogP contribution in [-0.4, -0.2) is 226 Å². The zero-order valence-corrected chi connectivity index (χ0v) is 81.7. The Kier molecular flexibility index (Phi) is 38.7. The molecule has 0 amide bonds. The number of hydrogen-bond donors (Lipinski definition) is 5. The van der Waals surface area contributed by atoms with Gasteiger partial charge >= 0.3 is 0 Å². The standard InChI is InChI=1S/C26H24FN3O.C26H26N4O.C25H24N4O.C21H22ClN3O2.C20H22N4O.5CH4/c27-22-8-2-1-7-20(22)18-12-16-30(17-13-18)25(23-9-3-4-14-28-23)21-11-10-19-6-5-15-29-24(19)26(21)31;31-26-22(12-11-21-9-6-14-28-24(21)26)25(23-10-4-5-13-27-23)30-17-15-29(16-18-30)19-20-7-2-1-3-8-20;30-25-20(10-9-19-6-5-15-28-23(19)25)24(22-8-2-4-14-27-22)29-16-11-18(12-17-29)21-7-1-3-13-26-21;1-13-11-25(12-14(2)27-13)20(18-7-3-4-8-23-18)16-10-17(22)15-6-5-9-24-19(15)21(16)26;1-23-11-13-24(14-12-23)19(17-6-2-3-9-21-17)16-8-7-15-5-4-10-22-18(15)20(16)25;;;;;/h1-11,14-15,18,25,31H,12-13,16-17H2;1-14,25,31H,15-19H2;1-10,13-15,18,24,30H,11-12,16-17H2;3-10,13-14,20,26H,11-12H2,1-2H3;2-10,19,25H,11-14H2,1H3;5*1H4. The summed E-state index contributed by atoms with van der Waals surface area (Å²) < 4.78 is 20.2. The monoisotopic (exact) mass is 2020 g/mol. The second-order valence-electron chi connectivity index (χ2n) is 37.5. The van der Waals surface area contributed by atoms with E-state index >= 15 is 0 Å². The number of aromatic hydroxyl groups is 5. The maximum Gasteiger partial charge on any atom is 0.147 e. The molecule has 0 aliphatic carbocycles. The van der Waals surface area contributed by atoms with E-state index in [1.807, 2.05) is 249 Å². The average Bonchev–Trinajstić information content (AvgIpc) is 0.764. The molecule has 5 aliphatic rings. The zero-order chi connectivity index (χ0) is 98.8. The average molecular weight is 2020 g/mol. The summed E-state index contributed by atoms with van der Waals surface area (Å²) in [6, 6.07) is 89.8. The Morgan fingerprint density at radius 1 is 0.309 bits per heavy atom. The summed E-state index contributed by atoms with van der Waals surface area (Å²) >= 11 is 6.55. The second-order valence-corrected chi connectivity index (χ2v) is 37.9. The molecule has 7 atom stereocenters. The summed E-state index contributed by atoms with van der Waals surface area (Å²) in [7, 11) is 2.14. The van der Waals surface area contributed by atoms with Gasteiger partial charge in [0, 0.05) is 207 Å². The highest BCUT2D eigenvalue weighted by atomic mass is 35.5. The van der Waals surface area contributed by atoms with Gasteiger partial charge in [0.25, 0.3) is 0 Å². The fraction of sp³-hybridized carbons (Fsp3) is 0.293. The molecule has 770 valence electrons. The third-order valence-electron chi connectivity index (χ3n) is 28.3. The predicted octanol–water partition coefficient (Wildman–Crippen LogP) is 24.4. The molecule has 0 bridgehead atoms. The summed E-state index contributed by atoms with van der Waals surface area (Å²) in [5, 5.41) is 60.4. The first kappa shape index (κ1) is 110. The van der Waals surface area contributed by atoms with Crippen LogP contribution >= 0.6 is 11.6 Å². The van der Waals surface area contributed by atoms with Gasteiger partial charge in [-0.15, -0.1) is 0 Å². The van der Waals surface area contributed by atoms with Gasteiger partial charge in [0.2, 0.25) is 0 Å². The number of morpholine rings is 1. The number of piperidine rings is 2. The summed E-state index contributed by atoms with van der Waals surface area (Å²) in [6.07, 6.45) is 23.4. The van der Waals surface area contributed by atoms with E-state index < -0.39 is 0 Å². The van der Waals surface area contributed by atoms with Crippen LogP contribution in [0.25, 0.3) is 54.5 Å². The van der Waals surface area contributed by atoms with E-state index in [-0.39, 0.29) is 120 Å². The first-order chi connectivity index (χ1) is 70.6. The van der Waals surface area contributed by atoms with Crippen molar-refractivity contribution in [2.24, 2.45) is 0 Å². The Morgan fingerprint density at radius 3 is 0.993 bits per heavy atom. The van der Waals surface area contributed by atoms with Crippen LogP contribution in [0.1, 0.15) is 192 Å². The van der Waals surface area contributed by atoms with Crippen LogP contribution in [0.4, 0.5) is 4.39 Å². The predicted molar refractivity (Wildman–Crippen MR) is 598 cm³/mol. The number of piperazine rings is 2. The van der Waals surface area contributed by atoms with Crippen molar-refractivity contribution in [1.82, 2.24) is 89.1 Å². The molecule has 0 saturated carbocycles. The van der Waals surface area contributed by atoms with Crippen LogP contribution in [-0.2, 0) is 11.3 Å². The Labute approximate surface area is 880 Å². The number of rotatable bonds is 19. The fourth-order valence-electron chi connectivity index (χ4n) is 21.2. The van der Waals surface area contributed by atoms with Crippen molar-refractivity contribution in [3.05, 3.63) is 431 Å². The molecule has 149 heavy (non-hydrogen) atoms. The van der Waals surface area contributed by atoms with E-state index in [1.165, 1.54) is 11.3 Å². The number of aromatic nitrogens is 11. The summed E-state index contributed by atoms with van der Waals surface area (Å²) in [5.74, 6) is 1.65. The third-order valence-corrected chi connectivity index (χ3v) is 28.6. The minimum Gasteiger partial charge on any atom is -0.505 e. The minimum atomic E-state index is -0.232. The van der Waals surface area contributed by atoms with Crippen LogP contribution < -0.4 is 0 Å². The van der Waals surface area contributed by atoms with Gasteiger partial charge in [-0.3, -0.25) is 84.2 Å². The number of phenols is 5. The number of halogens is 2. The number of pyridine rings is 11. The van der Waals surface area contributed by atoms with Gasteiger partial charge in [-0.25, -0.2) is 4.39 Å². The van der Waals surface area contributed by atoms with Crippen LogP contribution in [0, 0.1) is 5.82 Å². The molecule has 7 aromatic carbocycles. The molecule has 0 spiro atoms. The van der Waals surface area contributed by atoms with Gasteiger partial charge in [0.05, 0.1) is 75.9 Å². The lowest BCUT2D eigenvalue weighted by Gasteiger charge is -2.40. The van der Waals surface area contributed by atoms with Gasteiger partial charge in [0.1, 0.15) is 62.1 Å². The van der Waals surface area contributed by atoms with Gasteiger partial charge in [0.15, 0.2) is 0 Å². The quantitative estimate of drug-likeness (QED) is 0.0503. The highest BCUT2D eigenvalue weighted by Gasteiger charge is 2.39. The van der Waals surface area contributed by atoms with E-state index in [0.717, 1.165) is 207 Å². The highest BCUT2D eigenvalue weighted by molar-refractivity contribution is 6.35. The largest absolute Gasteiger partial charge is 0.505 e. The number of likely N-dealkylation sites (N-methyl/N-ethyl adjacent to an activating group) is 1. The molecule has 0 radical (unpaired) electrons. The smallest absolute Gasteiger partial charge is 0.147 e. The van der Waals surface area contributed by atoms with Gasteiger partial charge in [-0.2, -0.15) is 0 Å². The molecule has 7 unspecified atom stereocenters. The molecule has 11 aromatic heterocycles. The van der Waals surface area contributed by atoms with Gasteiger partial charge in [-0.05, 0) is 211 Å². The van der Waals surface area contributed by atoms with Crippen LogP contribution in [0.5, 0.6) is 28.7 Å². The fourth-order valence-corrected chi connectivity index (χ4v) is 21.4. The van der Waals surface area contributed by atoms with E-state index in [2.05, 4.69) is 152 Å². The maximum absolute atomic E-state index is 14.3. The van der Waals surface area contributed by atoms with Crippen LogP contribution in [0.15, 0.2) is 347 Å². The van der Waals surface area contributed by atoms with Crippen molar-refractivity contribution < 1.29 is 34.7 Å². The lowest BCUT2D eigenvalue weighted by Crippen LogP contribution is -2.47. The number of nitrogens with zero attached hydrogens (tertiary/aromatic N) is 18. The number of phenolic OH excluding ortho intramolecular Hbond substituents is 5. The lowest BCUT2D eigenvalue weighted by atomic mass is 9.87. The number of likely N-dealkylation sites (tertiary alicyclic amines) is 2. The Hall–Kier alpha value is -14.6. The second kappa shape index (κ2) is 52.3. The van der Waals surface area contributed by atoms with Crippen molar-refractivity contribution in [2.75, 3.05) is 98.7 Å². The number of fused-ring (bicyclic) bond motifs is 5. The van der Waals surface area contributed by atoms with Crippen molar-refractivity contribution in [3.63, 3.8) is 0 Å². The first-order valence-electron chi connectivity index (χ1n) is 49.6. The van der Waals surface area contributed by atoms with Crippen molar-refractivity contribution in [3.8, 4) is 28.7 Å². The van der Waals surface area contributed by atoms with Gasteiger partial charge in [-0.1, -0.05) is 206 Å². The molecule has 5 fully saturated rings. The Morgan fingerprint density at radius 2 is 0.624 bits per heavy atom. The van der Waals surface area contributed by atoms with E-state index in [4.69, 9.17) is 16.3 Å². The topological polar surface area (TPSA) is 275 Å². The molecule has 16 heterocycles. The van der Waals surface area contributed by atoms with Gasteiger partial charge < -0.3 is 35.2 Å². The molecule has 23 rings (SSSR count).